The number of nitrogens with two attached hydrogens (primary N) is 1. The van der Waals surface area contributed by atoms with Crippen molar-refractivity contribution in [3.63, 3.8) is 0 Å². The molecule has 20 heavy (non-hydrogen) atoms. The molecule has 2 atom stereocenters. The molecule has 112 valence electrons. The first kappa shape index (κ1) is 15.3. The van der Waals surface area contributed by atoms with Crippen molar-refractivity contribution in [1.82, 2.24) is 4.90 Å². The predicted octanol–water partition coefficient (Wildman–Crippen LogP) is 3.18. The van der Waals surface area contributed by atoms with Crippen LogP contribution in [0.15, 0.2) is 18.2 Å². The molecule has 1 saturated heterocycles. The number of rotatable bonds is 3. The van der Waals surface area contributed by atoms with Crippen LogP contribution >= 0.6 is 0 Å². The first-order chi connectivity index (χ1) is 9.31. The Morgan fingerprint density at radius 3 is 2.55 bits per heavy atom. The SMILES string of the molecule is Cc1cc(C(F)(F)F)ccc1CN1CC(CN)CC1C. The summed E-state index contributed by atoms with van der Waals surface area (Å²) in [6.07, 6.45) is -3.20. The van der Waals surface area contributed by atoms with Crippen LogP contribution in [0.5, 0.6) is 0 Å². The minimum Gasteiger partial charge on any atom is -0.330 e. The van der Waals surface area contributed by atoms with Crippen LogP contribution in [0.25, 0.3) is 0 Å². The molecular formula is C15H21F3N2. The van der Waals surface area contributed by atoms with E-state index in [4.69, 9.17) is 5.73 Å². The Balaban J connectivity index is 2.11. The summed E-state index contributed by atoms with van der Waals surface area (Å²) in [5.41, 5.74) is 6.78. The van der Waals surface area contributed by atoms with Gasteiger partial charge in [0.25, 0.3) is 0 Å². The molecule has 1 aliphatic rings. The molecule has 1 aromatic rings. The van der Waals surface area contributed by atoms with Gasteiger partial charge >= 0.3 is 6.18 Å². The molecule has 2 nitrogen and oxygen atoms in total. The third-order valence-electron chi connectivity index (χ3n) is 4.17. The van der Waals surface area contributed by atoms with Crippen molar-refractivity contribution in [3.8, 4) is 0 Å². The van der Waals surface area contributed by atoms with E-state index in [1.807, 2.05) is 0 Å². The maximum absolute atomic E-state index is 12.6. The molecule has 0 bridgehead atoms. The highest BCUT2D eigenvalue weighted by Crippen LogP contribution is 2.31. The highest BCUT2D eigenvalue weighted by molar-refractivity contribution is 5.32. The third kappa shape index (κ3) is 3.33. The number of benzene rings is 1. The summed E-state index contributed by atoms with van der Waals surface area (Å²) in [7, 11) is 0. The molecule has 2 unspecified atom stereocenters. The van der Waals surface area contributed by atoms with Crippen LogP contribution in [0.3, 0.4) is 0 Å². The second kappa shape index (κ2) is 5.74. The van der Waals surface area contributed by atoms with Gasteiger partial charge in [-0.3, -0.25) is 4.90 Å². The van der Waals surface area contributed by atoms with Crippen molar-refractivity contribution in [1.29, 1.82) is 0 Å². The van der Waals surface area contributed by atoms with E-state index in [1.165, 1.54) is 12.1 Å². The average Bonchev–Trinajstić information content (AvgIpc) is 2.71. The Labute approximate surface area is 117 Å². The number of nitrogens with zero attached hydrogens (tertiary/aromatic N) is 1. The van der Waals surface area contributed by atoms with Crippen LogP contribution in [0.4, 0.5) is 13.2 Å². The molecule has 0 saturated carbocycles. The third-order valence-corrected chi connectivity index (χ3v) is 4.17. The standard InChI is InChI=1S/C15H21F3N2/c1-10-5-14(15(16,17)18)4-3-13(10)9-20-8-12(7-19)6-11(20)2/h3-5,11-12H,6-9,19H2,1-2H3. The molecule has 2 rings (SSSR count). The second-order valence-corrected chi connectivity index (χ2v) is 5.75. The molecule has 2 N–H and O–H groups in total. The lowest BCUT2D eigenvalue weighted by molar-refractivity contribution is -0.137. The van der Waals surface area contributed by atoms with Gasteiger partial charge in [-0.2, -0.15) is 13.2 Å². The first-order valence-corrected chi connectivity index (χ1v) is 6.92. The fourth-order valence-electron chi connectivity index (χ4n) is 2.88. The van der Waals surface area contributed by atoms with Gasteiger partial charge in [-0.25, -0.2) is 0 Å². The Morgan fingerprint density at radius 2 is 2.05 bits per heavy atom. The summed E-state index contributed by atoms with van der Waals surface area (Å²) in [6.45, 7) is 6.19. The van der Waals surface area contributed by atoms with Crippen molar-refractivity contribution in [2.24, 2.45) is 11.7 Å². The van der Waals surface area contributed by atoms with Crippen LogP contribution < -0.4 is 5.73 Å². The summed E-state index contributed by atoms with van der Waals surface area (Å²) >= 11 is 0. The minimum absolute atomic E-state index is 0.435. The van der Waals surface area contributed by atoms with E-state index in [0.717, 1.165) is 18.5 Å². The van der Waals surface area contributed by atoms with Crippen molar-refractivity contribution in [2.75, 3.05) is 13.1 Å². The van der Waals surface area contributed by atoms with Crippen molar-refractivity contribution in [2.45, 2.75) is 39.0 Å². The molecule has 0 aliphatic carbocycles. The van der Waals surface area contributed by atoms with Crippen molar-refractivity contribution in [3.05, 3.63) is 34.9 Å². The molecule has 5 heteroatoms. The fourth-order valence-corrected chi connectivity index (χ4v) is 2.88. The summed E-state index contributed by atoms with van der Waals surface area (Å²) in [5.74, 6) is 0.500. The lowest BCUT2D eigenvalue weighted by atomic mass is 10.0. The van der Waals surface area contributed by atoms with Gasteiger partial charge in [0, 0.05) is 19.1 Å². The van der Waals surface area contributed by atoms with E-state index in [1.54, 1.807) is 13.0 Å². The van der Waals surface area contributed by atoms with Crippen LogP contribution in [0.2, 0.25) is 0 Å². The second-order valence-electron chi connectivity index (χ2n) is 5.75. The summed E-state index contributed by atoms with van der Waals surface area (Å²) in [4.78, 5) is 2.30. The van der Waals surface area contributed by atoms with Crippen LogP contribution in [-0.4, -0.2) is 24.0 Å². The molecule has 0 amide bonds. The Hall–Kier alpha value is -1.07. The largest absolute Gasteiger partial charge is 0.416 e. The molecule has 1 fully saturated rings. The Morgan fingerprint density at radius 1 is 1.35 bits per heavy atom. The number of hydrogen-bond donors (Lipinski definition) is 1. The zero-order valence-electron chi connectivity index (χ0n) is 11.9. The number of aryl methyl sites for hydroxylation is 1. The van der Waals surface area contributed by atoms with Gasteiger partial charge in [-0.15, -0.1) is 0 Å². The summed E-state index contributed by atoms with van der Waals surface area (Å²) < 4.78 is 37.9. The van der Waals surface area contributed by atoms with E-state index in [9.17, 15) is 13.2 Å². The van der Waals surface area contributed by atoms with E-state index in [2.05, 4.69) is 11.8 Å². The number of likely N-dealkylation sites (tertiary alicyclic amines) is 1. The molecule has 1 heterocycles. The highest BCUT2D eigenvalue weighted by Gasteiger charge is 2.31. The van der Waals surface area contributed by atoms with Gasteiger partial charge in [-0.1, -0.05) is 6.07 Å². The Bertz CT molecular complexity index is 471. The van der Waals surface area contributed by atoms with Gasteiger partial charge in [-0.05, 0) is 56.0 Å². The van der Waals surface area contributed by atoms with Gasteiger partial charge < -0.3 is 5.73 Å². The van der Waals surface area contributed by atoms with Crippen LogP contribution in [-0.2, 0) is 12.7 Å². The molecule has 1 aromatic carbocycles. The maximum Gasteiger partial charge on any atom is 0.416 e. The predicted molar refractivity (Wildman–Crippen MR) is 73.2 cm³/mol. The van der Waals surface area contributed by atoms with Crippen molar-refractivity contribution >= 4 is 0 Å². The molecule has 0 spiro atoms. The molecule has 1 aliphatic heterocycles. The lowest BCUT2D eigenvalue weighted by Crippen LogP contribution is -2.27. The number of hydrogen-bond acceptors (Lipinski definition) is 2. The van der Waals surface area contributed by atoms with Gasteiger partial charge in [0.2, 0.25) is 0 Å². The summed E-state index contributed by atoms with van der Waals surface area (Å²) in [5, 5.41) is 0. The monoisotopic (exact) mass is 286 g/mol. The van der Waals surface area contributed by atoms with Gasteiger partial charge in [0.05, 0.1) is 5.56 Å². The van der Waals surface area contributed by atoms with Crippen LogP contribution in [0, 0.1) is 12.8 Å². The van der Waals surface area contributed by atoms with Gasteiger partial charge in [0.1, 0.15) is 0 Å². The highest BCUT2D eigenvalue weighted by atomic mass is 19.4. The average molecular weight is 286 g/mol. The molecular weight excluding hydrogens is 265 g/mol. The van der Waals surface area contributed by atoms with Crippen molar-refractivity contribution < 1.29 is 13.2 Å². The van der Waals surface area contributed by atoms with E-state index < -0.39 is 11.7 Å². The number of alkyl halides is 3. The smallest absolute Gasteiger partial charge is 0.330 e. The lowest BCUT2D eigenvalue weighted by Gasteiger charge is -2.22. The normalized spacial score (nSPS) is 24.3. The maximum atomic E-state index is 12.6. The first-order valence-electron chi connectivity index (χ1n) is 6.92. The zero-order chi connectivity index (χ0) is 14.9. The van der Waals surface area contributed by atoms with Gasteiger partial charge in [0.15, 0.2) is 0 Å². The van der Waals surface area contributed by atoms with E-state index in [-0.39, 0.29) is 0 Å². The molecule has 0 radical (unpaired) electrons. The number of halogens is 3. The minimum atomic E-state index is -4.27. The zero-order valence-corrected chi connectivity index (χ0v) is 11.9. The Kier molecular flexibility index (Phi) is 4.39. The van der Waals surface area contributed by atoms with E-state index >= 15 is 0 Å². The topological polar surface area (TPSA) is 29.3 Å². The molecule has 0 aromatic heterocycles. The van der Waals surface area contributed by atoms with E-state index in [0.29, 0.717) is 30.6 Å². The fraction of sp³-hybridized carbons (Fsp3) is 0.600. The summed E-state index contributed by atoms with van der Waals surface area (Å²) in [6, 6.07) is 4.44. The van der Waals surface area contributed by atoms with Crippen LogP contribution in [0.1, 0.15) is 30.0 Å². The quantitative estimate of drug-likeness (QED) is 0.924.